The van der Waals surface area contributed by atoms with E-state index in [0.29, 0.717) is 29.1 Å². The summed E-state index contributed by atoms with van der Waals surface area (Å²) in [6.45, 7) is 0.770. The molecule has 0 fully saturated rings. The molecule has 1 amide bonds. The summed E-state index contributed by atoms with van der Waals surface area (Å²) in [5, 5.41) is 5.50. The van der Waals surface area contributed by atoms with Crippen LogP contribution in [-0.4, -0.2) is 37.2 Å². The number of para-hydroxylation sites is 2. The average molecular weight is 498 g/mol. The predicted octanol–water partition coefficient (Wildman–Crippen LogP) is 4.62. The van der Waals surface area contributed by atoms with Gasteiger partial charge in [0, 0.05) is 35.9 Å². The molecule has 0 unspecified atom stereocenters. The van der Waals surface area contributed by atoms with E-state index in [1.165, 1.54) is 10.8 Å². The van der Waals surface area contributed by atoms with Gasteiger partial charge in [0.25, 0.3) is 5.56 Å². The van der Waals surface area contributed by atoms with Crippen molar-refractivity contribution >= 4 is 28.5 Å². The Morgan fingerprint density at radius 1 is 0.944 bits per heavy atom. The van der Waals surface area contributed by atoms with Crippen LogP contribution < -0.4 is 5.56 Å². The second kappa shape index (κ2) is 10.2. The zero-order valence-electron chi connectivity index (χ0n) is 19.7. The van der Waals surface area contributed by atoms with E-state index in [1.54, 1.807) is 18.0 Å². The maximum Gasteiger partial charge on any atom is 0.269 e. The topological polar surface area (TPSA) is 73.0 Å². The van der Waals surface area contributed by atoms with Crippen molar-refractivity contribution in [3.8, 4) is 11.3 Å². The fourth-order valence-electron chi connectivity index (χ4n) is 4.18. The van der Waals surface area contributed by atoms with Gasteiger partial charge in [-0.05, 0) is 23.8 Å². The molecule has 8 heteroatoms. The van der Waals surface area contributed by atoms with Crippen molar-refractivity contribution in [3.63, 3.8) is 0 Å². The van der Waals surface area contributed by atoms with Crippen LogP contribution in [0.2, 0.25) is 5.02 Å². The first-order valence-corrected chi connectivity index (χ1v) is 11.9. The van der Waals surface area contributed by atoms with Gasteiger partial charge in [-0.15, -0.1) is 0 Å². The Labute approximate surface area is 213 Å². The van der Waals surface area contributed by atoms with Crippen LogP contribution in [0, 0.1) is 0 Å². The summed E-state index contributed by atoms with van der Waals surface area (Å²) in [5.41, 5.74) is 4.60. The molecule has 0 aliphatic heterocycles. The Kier molecular flexibility index (Phi) is 6.64. The third-order valence-electron chi connectivity index (χ3n) is 6.05. The number of hydrogen-bond acceptors (Lipinski definition) is 4. The van der Waals surface area contributed by atoms with Gasteiger partial charge in [-0.25, -0.2) is 4.98 Å². The Hall–Kier alpha value is -4.23. The normalized spacial score (nSPS) is 11.1. The summed E-state index contributed by atoms with van der Waals surface area (Å²) in [7, 11) is 1.73. The van der Waals surface area contributed by atoms with Gasteiger partial charge in [-0.1, -0.05) is 72.3 Å². The Balaban J connectivity index is 1.42. The van der Waals surface area contributed by atoms with Gasteiger partial charge < -0.3 is 4.90 Å². The van der Waals surface area contributed by atoms with E-state index in [1.807, 2.05) is 83.7 Å². The Bertz CT molecular complexity index is 1590. The Morgan fingerprint density at radius 3 is 2.47 bits per heavy atom. The number of halogens is 1. The zero-order valence-corrected chi connectivity index (χ0v) is 20.5. The molecule has 5 rings (SSSR count). The Morgan fingerprint density at radius 2 is 1.67 bits per heavy atom. The van der Waals surface area contributed by atoms with Crippen molar-refractivity contribution in [1.29, 1.82) is 0 Å². The molecule has 36 heavy (non-hydrogen) atoms. The van der Waals surface area contributed by atoms with E-state index < -0.39 is 0 Å². The number of carbonyl (C=O) groups excluding carboxylic acids is 1. The summed E-state index contributed by atoms with van der Waals surface area (Å²) in [6, 6.07) is 24.8. The molecule has 2 heterocycles. The van der Waals surface area contributed by atoms with Gasteiger partial charge in [0.1, 0.15) is 6.54 Å². The van der Waals surface area contributed by atoms with Crippen LogP contribution in [0.15, 0.2) is 96.1 Å². The van der Waals surface area contributed by atoms with Gasteiger partial charge in [0.2, 0.25) is 5.91 Å². The smallest absolute Gasteiger partial charge is 0.269 e. The molecule has 0 radical (unpaired) electrons. The minimum atomic E-state index is -0.312. The molecule has 0 saturated carbocycles. The zero-order chi connectivity index (χ0) is 25.1. The number of carbonyl (C=O) groups is 1. The highest BCUT2D eigenvalue weighted by Crippen LogP contribution is 2.25. The first-order valence-electron chi connectivity index (χ1n) is 11.5. The SMILES string of the molecule is CN(Cc1cn(Cc2ccccc2Cl)nc1-c1ccccc1)C(=O)Cn1c(=O)cnc2ccccc21. The van der Waals surface area contributed by atoms with Gasteiger partial charge in [-0.3, -0.25) is 18.8 Å². The van der Waals surface area contributed by atoms with E-state index in [4.69, 9.17) is 16.7 Å². The highest BCUT2D eigenvalue weighted by atomic mass is 35.5. The average Bonchev–Trinajstić information content (AvgIpc) is 3.29. The lowest BCUT2D eigenvalue weighted by molar-refractivity contribution is -0.131. The molecule has 7 nitrogen and oxygen atoms in total. The molecule has 3 aromatic carbocycles. The van der Waals surface area contributed by atoms with Gasteiger partial charge in [0.05, 0.1) is 29.5 Å². The van der Waals surface area contributed by atoms with Crippen LogP contribution in [-0.2, 0) is 24.4 Å². The molecule has 0 spiro atoms. The van der Waals surface area contributed by atoms with Crippen LogP contribution in [0.3, 0.4) is 0 Å². The molecule has 2 aromatic heterocycles. The molecule has 0 saturated heterocycles. The quantitative estimate of drug-likeness (QED) is 0.329. The van der Waals surface area contributed by atoms with Crippen molar-refractivity contribution < 1.29 is 4.79 Å². The van der Waals surface area contributed by atoms with Crippen LogP contribution >= 0.6 is 11.6 Å². The number of benzene rings is 3. The van der Waals surface area contributed by atoms with Gasteiger partial charge >= 0.3 is 0 Å². The largest absolute Gasteiger partial charge is 0.340 e. The van der Waals surface area contributed by atoms with Crippen molar-refractivity contribution in [3.05, 3.63) is 118 Å². The summed E-state index contributed by atoms with van der Waals surface area (Å²) in [4.78, 5) is 31.5. The van der Waals surface area contributed by atoms with Crippen LogP contribution in [0.1, 0.15) is 11.1 Å². The van der Waals surface area contributed by atoms with E-state index in [-0.39, 0.29) is 18.0 Å². The number of fused-ring (bicyclic) bond motifs is 1. The number of hydrogen-bond donors (Lipinski definition) is 0. The summed E-state index contributed by atoms with van der Waals surface area (Å²) >= 11 is 6.37. The molecular weight excluding hydrogens is 474 g/mol. The second-order valence-electron chi connectivity index (χ2n) is 8.58. The molecule has 0 atom stereocenters. The molecule has 0 bridgehead atoms. The van der Waals surface area contributed by atoms with Crippen LogP contribution in [0.25, 0.3) is 22.3 Å². The number of amides is 1. The van der Waals surface area contributed by atoms with Crippen molar-refractivity contribution in [1.82, 2.24) is 24.2 Å². The highest BCUT2D eigenvalue weighted by Gasteiger charge is 2.18. The number of rotatable bonds is 7. The molecule has 180 valence electrons. The first-order chi connectivity index (χ1) is 17.5. The summed E-state index contributed by atoms with van der Waals surface area (Å²) in [6.07, 6.45) is 3.20. The molecule has 5 aromatic rings. The fourth-order valence-corrected chi connectivity index (χ4v) is 4.37. The molecule has 0 aliphatic carbocycles. The van der Waals surface area contributed by atoms with E-state index in [9.17, 15) is 9.59 Å². The minimum absolute atomic E-state index is 0.0766. The van der Waals surface area contributed by atoms with Crippen LogP contribution in [0.4, 0.5) is 0 Å². The lowest BCUT2D eigenvalue weighted by atomic mass is 10.1. The van der Waals surface area contributed by atoms with Crippen molar-refractivity contribution in [2.45, 2.75) is 19.6 Å². The lowest BCUT2D eigenvalue weighted by Crippen LogP contribution is -2.33. The standard InChI is InChI=1S/C28H24ClN5O2/c1-32(27(36)19-34-25-14-8-7-13-24(25)30-15-26(34)35)16-22-18-33(17-21-11-5-6-12-23(21)29)31-28(22)20-9-3-2-4-10-20/h2-15,18H,16-17,19H2,1H3. The van der Waals surface area contributed by atoms with Gasteiger partial charge in [0.15, 0.2) is 0 Å². The van der Waals surface area contributed by atoms with Crippen molar-refractivity contribution in [2.75, 3.05) is 7.05 Å². The van der Waals surface area contributed by atoms with Crippen LogP contribution in [0.5, 0.6) is 0 Å². The predicted molar refractivity (Wildman–Crippen MR) is 141 cm³/mol. The maximum absolute atomic E-state index is 13.2. The molecule has 0 N–H and O–H groups in total. The van der Waals surface area contributed by atoms with E-state index >= 15 is 0 Å². The van der Waals surface area contributed by atoms with Gasteiger partial charge in [-0.2, -0.15) is 5.10 Å². The van der Waals surface area contributed by atoms with E-state index in [2.05, 4.69) is 4.98 Å². The summed E-state index contributed by atoms with van der Waals surface area (Å²) in [5.74, 6) is -0.189. The number of likely N-dealkylation sites (N-methyl/N-ethyl adjacent to an activating group) is 1. The van der Waals surface area contributed by atoms with Crippen molar-refractivity contribution in [2.24, 2.45) is 0 Å². The molecule has 0 aliphatic rings. The third kappa shape index (κ3) is 4.92. The summed E-state index contributed by atoms with van der Waals surface area (Å²) < 4.78 is 3.30. The monoisotopic (exact) mass is 497 g/mol. The van der Waals surface area contributed by atoms with E-state index in [0.717, 1.165) is 22.4 Å². The number of aromatic nitrogens is 4. The third-order valence-corrected chi connectivity index (χ3v) is 6.42. The fraction of sp³-hybridized carbons (Fsp3) is 0.143. The second-order valence-corrected chi connectivity index (χ2v) is 8.99. The first kappa shape index (κ1) is 23.5. The molecular formula is C28H24ClN5O2. The minimum Gasteiger partial charge on any atom is -0.340 e. The number of nitrogens with zero attached hydrogens (tertiary/aromatic N) is 5. The lowest BCUT2D eigenvalue weighted by Gasteiger charge is -2.18. The highest BCUT2D eigenvalue weighted by molar-refractivity contribution is 6.31. The maximum atomic E-state index is 13.2.